The fourth-order valence-electron chi connectivity index (χ4n) is 2.11. The van der Waals surface area contributed by atoms with E-state index < -0.39 is 10.8 Å². The molecule has 0 aliphatic rings. The van der Waals surface area contributed by atoms with Gasteiger partial charge in [-0.3, -0.25) is 19.9 Å². The lowest BCUT2D eigenvalue weighted by Crippen LogP contribution is -2.23. The van der Waals surface area contributed by atoms with Crippen molar-refractivity contribution in [2.24, 2.45) is 4.99 Å². The zero-order chi connectivity index (χ0) is 18.6. The molecule has 0 bridgehead atoms. The molecule has 0 heterocycles. The molecule has 0 saturated heterocycles. The molecule has 8 heteroatoms. The number of anilines is 2. The molecule has 0 spiro atoms. The van der Waals surface area contributed by atoms with Crippen molar-refractivity contribution in [2.45, 2.75) is 6.92 Å². The van der Waals surface area contributed by atoms with Crippen molar-refractivity contribution in [3.05, 3.63) is 63.2 Å². The Labute approximate surface area is 150 Å². The minimum absolute atomic E-state index is 0.0258. The molecule has 0 atom stereocenters. The van der Waals surface area contributed by atoms with E-state index in [0.717, 1.165) is 17.6 Å². The SMILES string of the molecule is CN=C(C)N(C)c1ccc(NC(=O)c2ccc([N+](=O)[O-])cc2Cl)cc1. The molecule has 1 amide bonds. The van der Waals surface area contributed by atoms with Crippen molar-refractivity contribution in [1.82, 2.24) is 0 Å². The fourth-order valence-corrected chi connectivity index (χ4v) is 2.37. The topological polar surface area (TPSA) is 87.8 Å². The quantitative estimate of drug-likeness (QED) is 0.386. The molecule has 2 aromatic rings. The number of aliphatic imine (C=N–C) groups is 1. The molecule has 130 valence electrons. The maximum Gasteiger partial charge on any atom is 0.270 e. The summed E-state index contributed by atoms with van der Waals surface area (Å²) in [6.07, 6.45) is 0. The summed E-state index contributed by atoms with van der Waals surface area (Å²) in [5, 5.41) is 13.5. The van der Waals surface area contributed by atoms with E-state index in [2.05, 4.69) is 10.3 Å². The molecule has 0 aromatic heterocycles. The lowest BCUT2D eigenvalue weighted by atomic mass is 10.2. The number of rotatable bonds is 4. The number of halogens is 1. The summed E-state index contributed by atoms with van der Waals surface area (Å²) in [7, 11) is 3.61. The highest BCUT2D eigenvalue weighted by Crippen LogP contribution is 2.24. The summed E-state index contributed by atoms with van der Waals surface area (Å²) in [4.78, 5) is 28.5. The maximum atomic E-state index is 12.3. The van der Waals surface area contributed by atoms with Gasteiger partial charge >= 0.3 is 0 Å². The molecule has 0 saturated carbocycles. The molecule has 2 rings (SSSR count). The lowest BCUT2D eigenvalue weighted by molar-refractivity contribution is -0.384. The molecule has 2 aromatic carbocycles. The fraction of sp³-hybridized carbons (Fsp3) is 0.176. The van der Waals surface area contributed by atoms with Crippen LogP contribution in [0.5, 0.6) is 0 Å². The molecule has 7 nitrogen and oxygen atoms in total. The summed E-state index contributed by atoms with van der Waals surface area (Å²) < 4.78 is 0. The molecule has 0 radical (unpaired) electrons. The van der Waals surface area contributed by atoms with Crippen molar-refractivity contribution >= 4 is 40.4 Å². The molecule has 0 aliphatic heterocycles. The van der Waals surface area contributed by atoms with E-state index in [4.69, 9.17) is 11.6 Å². The number of hydrogen-bond acceptors (Lipinski definition) is 4. The van der Waals surface area contributed by atoms with Gasteiger partial charge in [0.1, 0.15) is 0 Å². The second-order valence-corrected chi connectivity index (χ2v) is 5.66. The van der Waals surface area contributed by atoms with Crippen LogP contribution in [0.25, 0.3) is 0 Å². The maximum absolute atomic E-state index is 12.3. The normalized spacial score (nSPS) is 11.1. The Kier molecular flexibility index (Phi) is 5.71. The van der Waals surface area contributed by atoms with E-state index >= 15 is 0 Å². The molecule has 25 heavy (non-hydrogen) atoms. The first kappa shape index (κ1) is 18.4. The van der Waals surface area contributed by atoms with Crippen LogP contribution >= 0.6 is 11.6 Å². The van der Waals surface area contributed by atoms with Gasteiger partial charge in [-0.15, -0.1) is 0 Å². The van der Waals surface area contributed by atoms with Gasteiger partial charge < -0.3 is 10.2 Å². The molecule has 0 fully saturated rings. The second-order valence-electron chi connectivity index (χ2n) is 5.25. The minimum atomic E-state index is -0.565. The second kappa shape index (κ2) is 7.76. The minimum Gasteiger partial charge on any atom is -0.334 e. The zero-order valence-electron chi connectivity index (χ0n) is 14.0. The van der Waals surface area contributed by atoms with Gasteiger partial charge in [-0.1, -0.05) is 11.6 Å². The number of carbonyl (C=O) groups excluding carboxylic acids is 1. The number of nitrogens with zero attached hydrogens (tertiary/aromatic N) is 3. The van der Waals surface area contributed by atoms with Crippen LogP contribution in [-0.4, -0.2) is 30.8 Å². The Morgan fingerprint density at radius 2 is 1.88 bits per heavy atom. The van der Waals surface area contributed by atoms with Crippen LogP contribution < -0.4 is 10.2 Å². The largest absolute Gasteiger partial charge is 0.334 e. The predicted octanol–water partition coefficient (Wildman–Crippen LogP) is 3.98. The highest BCUT2D eigenvalue weighted by molar-refractivity contribution is 6.34. The molecular weight excluding hydrogens is 344 g/mol. The Bertz CT molecular complexity index is 834. The van der Waals surface area contributed by atoms with Gasteiger partial charge in [0.05, 0.1) is 21.3 Å². The van der Waals surface area contributed by atoms with E-state index in [9.17, 15) is 14.9 Å². The highest BCUT2D eigenvalue weighted by atomic mass is 35.5. The third-order valence-corrected chi connectivity index (χ3v) is 4.04. The molecule has 0 aliphatic carbocycles. The van der Waals surface area contributed by atoms with Gasteiger partial charge in [-0.2, -0.15) is 0 Å². The van der Waals surface area contributed by atoms with Crippen LogP contribution in [0.2, 0.25) is 5.02 Å². The highest BCUT2D eigenvalue weighted by Gasteiger charge is 2.15. The summed E-state index contributed by atoms with van der Waals surface area (Å²) in [5.74, 6) is 0.418. The summed E-state index contributed by atoms with van der Waals surface area (Å²) in [6.45, 7) is 1.90. The lowest BCUT2D eigenvalue weighted by Gasteiger charge is -2.18. The standard InChI is InChI=1S/C17H17ClN4O3/c1-11(19-2)21(3)13-6-4-12(5-7-13)20-17(23)15-9-8-14(22(24)25)10-16(15)18/h4-10H,1-3H3,(H,20,23). The van der Waals surface area contributed by atoms with Gasteiger partial charge in [0.25, 0.3) is 11.6 Å². The molecule has 0 unspecified atom stereocenters. The van der Waals surface area contributed by atoms with Crippen molar-refractivity contribution in [3.8, 4) is 0 Å². The van der Waals surface area contributed by atoms with E-state index in [-0.39, 0.29) is 16.3 Å². The van der Waals surface area contributed by atoms with Gasteiger partial charge in [-0.05, 0) is 37.3 Å². The Morgan fingerprint density at radius 1 is 1.24 bits per heavy atom. The number of nitrogens with one attached hydrogen (secondary N) is 1. The third-order valence-electron chi connectivity index (χ3n) is 3.73. The summed E-state index contributed by atoms with van der Waals surface area (Å²) in [5.41, 5.74) is 1.52. The van der Waals surface area contributed by atoms with Crippen molar-refractivity contribution in [1.29, 1.82) is 0 Å². The van der Waals surface area contributed by atoms with Gasteiger partial charge in [0.2, 0.25) is 0 Å². The van der Waals surface area contributed by atoms with Crippen LogP contribution in [0, 0.1) is 10.1 Å². The first-order valence-corrected chi connectivity index (χ1v) is 7.73. The average Bonchev–Trinajstić information content (AvgIpc) is 2.60. The van der Waals surface area contributed by atoms with Crippen molar-refractivity contribution in [3.63, 3.8) is 0 Å². The Balaban J connectivity index is 2.14. The smallest absolute Gasteiger partial charge is 0.270 e. The predicted molar refractivity (Wildman–Crippen MR) is 99.9 cm³/mol. The van der Waals surface area contributed by atoms with E-state index in [0.29, 0.717) is 5.69 Å². The van der Waals surface area contributed by atoms with Crippen LogP contribution in [0.3, 0.4) is 0 Å². The zero-order valence-corrected chi connectivity index (χ0v) is 14.7. The number of non-ortho nitro benzene ring substituents is 1. The molecule has 1 N–H and O–H groups in total. The van der Waals surface area contributed by atoms with E-state index in [1.807, 2.05) is 31.0 Å². The number of amidine groups is 1. The van der Waals surface area contributed by atoms with Crippen molar-refractivity contribution in [2.75, 3.05) is 24.3 Å². The van der Waals surface area contributed by atoms with E-state index in [1.54, 1.807) is 19.2 Å². The Morgan fingerprint density at radius 3 is 2.40 bits per heavy atom. The van der Waals surface area contributed by atoms with Crippen molar-refractivity contribution < 1.29 is 9.72 Å². The number of nitro benzene ring substituents is 1. The number of nitro groups is 1. The third kappa shape index (κ3) is 4.33. The van der Waals surface area contributed by atoms with Crippen LogP contribution in [0.15, 0.2) is 47.5 Å². The van der Waals surface area contributed by atoms with Gasteiger partial charge in [0.15, 0.2) is 0 Å². The van der Waals surface area contributed by atoms with Crippen LogP contribution in [0.1, 0.15) is 17.3 Å². The van der Waals surface area contributed by atoms with Gasteiger partial charge in [-0.25, -0.2) is 0 Å². The first-order chi connectivity index (χ1) is 11.8. The van der Waals surface area contributed by atoms with Crippen LogP contribution in [-0.2, 0) is 0 Å². The average molecular weight is 361 g/mol. The monoisotopic (exact) mass is 360 g/mol. The van der Waals surface area contributed by atoms with Gasteiger partial charge in [0, 0.05) is 37.6 Å². The first-order valence-electron chi connectivity index (χ1n) is 7.36. The number of carbonyl (C=O) groups is 1. The number of hydrogen-bond donors (Lipinski definition) is 1. The van der Waals surface area contributed by atoms with E-state index in [1.165, 1.54) is 12.1 Å². The molecular formula is C17H17ClN4O3. The summed E-state index contributed by atoms with van der Waals surface area (Å²) >= 11 is 5.97. The number of benzene rings is 2. The number of amides is 1. The van der Waals surface area contributed by atoms with Crippen LogP contribution in [0.4, 0.5) is 17.1 Å². The Hall–Kier alpha value is -2.93. The summed E-state index contributed by atoms with van der Waals surface area (Å²) in [6, 6.07) is 10.9.